The van der Waals surface area contributed by atoms with Gasteiger partial charge >= 0.3 is 0 Å². The first kappa shape index (κ1) is 14.3. The summed E-state index contributed by atoms with van der Waals surface area (Å²) in [5.41, 5.74) is 0. The van der Waals surface area contributed by atoms with Crippen molar-refractivity contribution >= 4 is 0 Å². The van der Waals surface area contributed by atoms with Crippen molar-refractivity contribution in [2.24, 2.45) is 0 Å². The molecule has 0 saturated carbocycles. The third-order valence-electron chi connectivity index (χ3n) is 3.93. The van der Waals surface area contributed by atoms with Crippen LogP contribution in [0.2, 0.25) is 0 Å². The van der Waals surface area contributed by atoms with Crippen LogP contribution in [-0.2, 0) is 13.0 Å². The van der Waals surface area contributed by atoms with Crippen molar-refractivity contribution < 1.29 is 8.94 Å². The van der Waals surface area contributed by atoms with Gasteiger partial charge in [-0.05, 0) is 19.4 Å². The van der Waals surface area contributed by atoms with Crippen LogP contribution in [0.5, 0.6) is 0 Å². The summed E-state index contributed by atoms with van der Waals surface area (Å²) in [7, 11) is 0. The van der Waals surface area contributed by atoms with Crippen molar-refractivity contribution in [3.63, 3.8) is 0 Å². The Kier molecular flexibility index (Phi) is 4.05. The highest BCUT2D eigenvalue weighted by molar-refractivity contribution is 5.02. The van der Waals surface area contributed by atoms with Crippen molar-refractivity contribution in [2.45, 2.75) is 58.5 Å². The number of aryl methyl sites for hydroxylation is 1. The number of nitrogens with zero attached hydrogens (tertiary/aromatic N) is 4. The zero-order valence-corrected chi connectivity index (χ0v) is 12.9. The molecule has 2 aromatic rings. The number of hydrogen-bond acceptors (Lipinski definition) is 6. The van der Waals surface area contributed by atoms with E-state index in [2.05, 4.69) is 33.9 Å². The van der Waals surface area contributed by atoms with Crippen LogP contribution in [0.25, 0.3) is 0 Å². The highest BCUT2D eigenvalue weighted by Crippen LogP contribution is 2.31. The molecule has 3 rings (SSSR count). The fourth-order valence-corrected chi connectivity index (χ4v) is 2.69. The maximum Gasteiger partial charge on any atom is 0.226 e. The van der Waals surface area contributed by atoms with Crippen LogP contribution < -0.4 is 0 Å². The summed E-state index contributed by atoms with van der Waals surface area (Å²) in [4.78, 5) is 11.2. The first-order valence-corrected chi connectivity index (χ1v) is 7.68. The van der Waals surface area contributed by atoms with Crippen molar-refractivity contribution in [2.75, 3.05) is 6.54 Å². The monoisotopic (exact) mass is 290 g/mol. The van der Waals surface area contributed by atoms with Gasteiger partial charge in [0.15, 0.2) is 5.82 Å². The van der Waals surface area contributed by atoms with Crippen molar-refractivity contribution in [1.82, 2.24) is 20.0 Å². The molecule has 114 valence electrons. The molecule has 6 heteroatoms. The van der Waals surface area contributed by atoms with E-state index < -0.39 is 0 Å². The molecule has 21 heavy (non-hydrogen) atoms. The molecule has 1 atom stereocenters. The summed E-state index contributed by atoms with van der Waals surface area (Å²) >= 11 is 0. The lowest BCUT2D eigenvalue weighted by Gasteiger charge is -2.19. The molecule has 1 fully saturated rings. The number of hydrogen-bond donors (Lipinski definition) is 0. The lowest BCUT2D eigenvalue weighted by atomic mass is 10.2. The summed E-state index contributed by atoms with van der Waals surface area (Å²) in [6.45, 7) is 7.94. The lowest BCUT2D eigenvalue weighted by Crippen LogP contribution is -2.23. The second-order valence-corrected chi connectivity index (χ2v) is 5.84. The zero-order valence-electron chi connectivity index (χ0n) is 12.9. The van der Waals surface area contributed by atoms with Crippen molar-refractivity contribution in [1.29, 1.82) is 0 Å². The van der Waals surface area contributed by atoms with Gasteiger partial charge in [0.25, 0.3) is 0 Å². The molecule has 0 aliphatic carbocycles. The van der Waals surface area contributed by atoms with Crippen molar-refractivity contribution in [3.8, 4) is 0 Å². The van der Waals surface area contributed by atoms with Gasteiger partial charge in [0.05, 0.1) is 18.8 Å². The second kappa shape index (κ2) is 5.97. The van der Waals surface area contributed by atoms with E-state index >= 15 is 0 Å². The molecular weight excluding hydrogens is 268 g/mol. The first-order chi connectivity index (χ1) is 10.2. The largest absolute Gasteiger partial charge is 0.444 e. The van der Waals surface area contributed by atoms with Crippen LogP contribution in [0.1, 0.15) is 68.9 Å². The normalized spacial score (nSPS) is 19.7. The Morgan fingerprint density at radius 1 is 1.38 bits per heavy atom. The van der Waals surface area contributed by atoms with E-state index in [-0.39, 0.29) is 6.04 Å². The van der Waals surface area contributed by atoms with E-state index in [9.17, 15) is 0 Å². The van der Waals surface area contributed by atoms with E-state index in [1.54, 1.807) is 0 Å². The molecule has 0 spiro atoms. The Morgan fingerprint density at radius 3 is 2.90 bits per heavy atom. The Balaban J connectivity index is 1.71. The summed E-state index contributed by atoms with van der Waals surface area (Å²) in [5.74, 6) is 3.57. The molecular formula is C15H22N4O2. The maximum atomic E-state index is 5.80. The predicted molar refractivity (Wildman–Crippen MR) is 76.7 cm³/mol. The first-order valence-electron chi connectivity index (χ1n) is 7.68. The Hall–Kier alpha value is -1.69. The molecule has 0 radical (unpaired) electrons. The highest BCUT2D eigenvalue weighted by atomic mass is 16.5. The van der Waals surface area contributed by atoms with Gasteiger partial charge in [0.1, 0.15) is 5.76 Å². The molecule has 0 aromatic carbocycles. The van der Waals surface area contributed by atoms with Gasteiger partial charge in [0.2, 0.25) is 11.8 Å². The van der Waals surface area contributed by atoms with Gasteiger partial charge in [-0.15, -0.1) is 0 Å². The molecule has 6 nitrogen and oxygen atoms in total. The Morgan fingerprint density at radius 2 is 2.24 bits per heavy atom. The van der Waals surface area contributed by atoms with Crippen LogP contribution in [0.3, 0.4) is 0 Å². The molecule has 1 saturated heterocycles. The second-order valence-electron chi connectivity index (χ2n) is 5.84. The number of likely N-dealkylation sites (tertiary alicyclic amines) is 1. The highest BCUT2D eigenvalue weighted by Gasteiger charge is 2.30. The van der Waals surface area contributed by atoms with E-state index in [1.165, 1.54) is 0 Å². The minimum Gasteiger partial charge on any atom is -0.444 e. The van der Waals surface area contributed by atoms with E-state index in [1.807, 2.05) is 13.1 Å². The van der Waals surface area contributed by atoms with Crippen LogP contribution in [0.15, 0.2) is 15.1 Å². The topological polar surface area (TPSA) is 68.2 Å². The minimum absolute atomic E-state index is 0.212. The van der Waals surface area contributed by atoms with E-state index in [0.717, 1.165) is 43.3 Å². The summed E-state index contributed by atoms with van der Waals surface area (Å²) < 4.78 is 11.0. The average molecular weight is 290 g/mol. The summed E-state index contributed by atoms with van der Waals surface area (Å²) in [6.07, 6.45) is 4.80. The number of oxazole rings is 1. The molecule has 0 N–H and O–H groups in total. The molecule has 0 unspecified atom stereocenters. The zero-order chi connectivity index (χ0) is 14.8. The summed E-state index contributed by atoms with van der Waals surface area (Å²) in [5, 5.41) is 4.12. The fraction of sp³-hybridized carbons (Fsp3) is 0.667. The molecule has 0 bridgehead atoms. The Bertz CT molecular complexity index is 590. The molecule has 1 aliphatic heterocycles. The van der Waals surface area contributed by atoms with Gasteiger partial charge in [0, 0.05) is 12.3 Å². The third kappa shape index (κ3) is 3.00. The average Bonchev–Trinajstić information content (AvgIpc) is 3.18. The molecule has 2 aromatic heterocycles. The van der Waals surface area contributed by atoms with Gasteiger partial charge in [-0.3, -0.25) is 4.90 Å². The number of rotatable bonds is 5. The van der Waals surface area contributed by atoms with Crippen LogP contribution >= 0.6 is 0 Å². The van der Waals surface area contributed by atoms with Crippen LogP contribution in [0, 0.1) is 0 Å². The van der Waals surface area contributed by atoms with Crippen LogP contribution in [-0.4, -0.2) is 26.6 Å². The van der Waals surface area contributed by atoms with Crippen molar-refractivity contribution in [3.05, 3.63) is 29.6 Å². The third-order valence-corrected chi connectivity index (χ3v) is 3.93. The quantitative estimate of drug-likeness (QED) is 0.843. The molecule has 0 amide bonds. The maximum absolute atomic E-state index is 5.80. The van der Waals surface area contributed by atoms with Gasteiger partial charge in [-0.1, -0.05) is 25.9 Å². The van der Waals surface area contributed by atoms with Gasteiger partial charge in [-0.25, -0.2) is 4.98 Å². The fourth-order valence-electron chi connectivity index (χ4n) is 2.69. The smallest absolute Gasteiger partial charge is 0.226 e. The molecule has 3 heterocycles. The predicted octanol–water partition coefficient (Wildman–Crippen LogP) is 3.08. The van der Waals surface area contributed by atoms with Gasteiger partial charge in [-0.2, -0.15) is 4.98 Å². The minimum atomic E-state index is 0.212. The van der Waals surface area contributed by atoms with E-state index in [4.69, 9.17) is 8.94 Å². The SMILES string of the molecule is CCc1nc([C@H]2CCCN2Cc2ncc(C(C)C)o2)no1. The van der Waals surface area contributed by atoms with Gasteiger partial charge < -0.3 is 8.94 Å². The van der Waals surface area contributed by atoms with E-state index in [0.29, 0.717) is 18.4 Å². The summed E-state index contributed by atoms with van der Waals surface area (Å²) in [6, 6.07) is 0.212. The standard InChI is InChI=1S/C15H22N4O2/c1-4-13-17-15(18-21-13)11-6-5-7-19(11)9-14-16-8-12(20-14)10(2)3/h8,10-11H,4-7,9H2,1-3H3/t11-/m1/s1. The number of aromatic nitrogens is 3. The Labute approximate surface area is 124 Å². The van der Waals surface area contributed by atoms with Crippen LogP contribution in [0.4, 0.5) is 0 Å². The lowest BCUT2D eigenvalue weighted by molar-refractivity contribution is 0.210. The molecule has 1 aliphatic rings.